The lowest BCUT2D eigenvalue weighted by Crippen LogP contribution is -2.45. The minimum atomic E-state index is -1.93. The van der Waals surface area contributed by atoms with Gasteiger partial charge >= 0.3 is 14.1 Å². The smallest absolute Gasteiger partial charge is 0.308 e. The fourth-order valence-corrected chi connectivity index (χ4v) is 1.35. The molecule has 5 nitrogen and oxygen atoms in total. The first kappa shape index (κ1) is 10.2. The molecule has 1 aliphatic rings. The molecule has 0 radical (unpaired) electrons. The van der Waals surface area contributed by atoms with Crippen LogP contribution in [0.15, 0.2) is 12.7 Å². The Bertz CT molecular complexity index is 268. The van der Waals surface area contributed by atoms with Crippen molar-refractivity contribution in [2.24, 2.45) is 11.7 Å². The van der Waals surface area contributed by atoms with Crippen molar-refractivity contribution >= 4 is 14.1 Å². The quantitative estimate of drug-likeness (QED) is 0.406. The summed E-state index contributed by atoms with van der Waals surface area (Å²) in [7, 11) is -1.93. The Morgan fingerprint density at radius 3 is 2.92 bits per heavy atom. The number of nitrogens with one attached hydrogen (secondary N) is 1. The Hall–Kier alpha value is -0.930. The molecule has 0 bridgehead atoms. The van der Waals surface area contributed by atoms with Crippen LogP contribution in [-0.2, 0) is 9.09 Å². The van der Waals surface area contributed by atoms with Crippen molar-refractivity contribution in [3.05, 3.63) is 12.7 Å². The molecule has 3 unspecified atom stereocenters. The molecule has 1 amide bonds. The second kappa shape index (κ2) is 3.44. The number of amides is 1. The summed E-state index contributed by atoms with van der Waals surface area (Å²) in [5.74, 6) is 0.0785. The van der Waals surface area contributed by atoms with E-state index >= 15 is 0 Å². The van der Waals surface area contributed by atoms with Crippen molar-refractivity contribution in [3.63, 3.8) is 0 Å². The lowest BCUT2D eigenvalue weighted by molar-refractivity contribution is 0.197. The van der Waals surface area contributed by atoms with E-state index in [2.05, 4.69) is 16.4 Å². The average molecular weight is 203 g/mol. The van der Waals surface area contributed by atoms with Crippen LogP contribution < -0.4 is 11.1 Å². The molecule has 6 heteroatoms. The van der Waals surface area contributed by atoms with Gasteiger partial charge in [0.25, 0.3) is 0 Å². The van der Waals surface area contributed by atoms with Crippen LogP contribution in [0.2, 0.25) is 0 Å². The van der Waals surface area contributed by atoms with Crippen LogP contribution in [0.1, 0.15) is 6.42 Å². The zero-order valence-electron chi connectivity index (χ0n) is 7.32. The van der Waals surface area contributed by atoms with Gasteiger partial charge in [-0.3, -0.25) is 5.32 Å². The van der Waals surface area contributed by atoms with E-state index in [1.54, 1.807) is 6.08 Å². The summed E-state index contributed by atoms with van der Waals surface area (Å²) in [6.45, 7) is 4.86. The second-order valence-electron chi connectivity index (χ2n) is 3.03. The van der Waals surface area contributed by atoms with E-state index in [1.807, 2.05) is 0 Å². The summed E-state index contributed by atoms with van der Waals surface area (Å²) in [4.78, 5) is 10.9. The molecule has 0 aromatic carbocycles. The molecule has 1 saturated carbocycles. The van der Waals surface area contributed by atoms with Gasteiger partial charge in [0.2, 0.25) is 0 Å². The van der Waals surface area contributed by atoms with Gasteiger partial charge in [-0.2, -0.15) is 4.52 Å². The number of carbonyl (C=O) groups is 1. The molecule has 0 heterocycles. The lowest BCUT2D eigenvalue weighted by Gasteiger charge is -2.08. The van der Waals surface area contributed by atoms with Gasteiger partial charge in [0.15, 0.2) is 6.66 Å². The Morgan fingerprint density at radius 2 is 2.54 bits per heavy atom. The molecule has 1 aliphatic carbocycles. The maximum absolute atomic E-state index is 10.9. The van der Waals surface area contributed by atoms with Gasteiger partial charge in [-0.1, -0.05) is 6.08 Å². The highest BCUT2D eigenvalue weighted by Crippen LogP contribution is 2.39. The van der Waals surface area contributed by atoms with Crippen molar-refractivity contribution in [1.82, 2.24) is 5.32 Å². The van der Waals surface area contributed by atoms with Crippen LogP contribution in [-0.4, -0.2) is 18.4 Å². The number of hydrogen-bond acceptors (Lipinski definition) is 4. The first-order valence-electron chi connectivity index (χ1n) is 3.80. The minimum Gasteiger partial charge on any atom is -0.308 e. The Kier molecular flexibility index (Phi) is 2.68. The number of carbonyl (C=O) groups excluding carboxylic acids is 1. The van der Waals surface area contributed by atoms with E-state index in [0.717, 1.165) is 0 Å². The Balaban J connectivity index is 2.38. The zero-order valence-corrected chi connectivity index (χ0v) is 8.21. The third-order valence-corrected chi connectivity index (χ3v) is 2.31. The van der Waals surface area contributed by atoms with E-state index in [9.17, 15) is 9.36 Å². The SMILES string of the molecule is C=CC1CC1(N)NC(=O)O[P+](C)=O. The normalized spacial score (nSPS) is 31.8. The molecule has 3 atom stereocenters. The number of hydrogen-bond donors (Lipinski definition) is 2. The molecule has 13 heavy (non-hydrogen) atoms. The van der Waals surface area contributed by atoms with Crippen molar-refractivity contribution in [3.8, 4) is 0 Å². The Labute approximate surface area is 77.2 Å². The van der Waals surface area contributed by atoms with Gasteiger partial charge in [-0.15, -0.1) is 6.58 Å². The lowest BCUT2D eigenvalue weighted by atomic mass is 10.3. The highest BCUT2D eigenvalue weighted by molar-refractivity contribution is 7.38. The first-order valence-corrected chi connectivity index (χ1v) is 5.43. The molecule has 1 rings (SSSR count). The molecule has 3 N–H and O–H groups in total. The van der Waals surface area contributed by atoms with Crippen LogP contribution in [0.5, 0.6) is 0 Å². The van der Waals surface area contributed by atoms with E-state index in [-0.39, 0.29) is 5.92 Å². The third-order valence-electron chi connectivity index (χ3n) is 1.89. The van der Waals surface area contributed by atoms with E-state index in [0.29, 0.717) is 6.42 Å². The fourth-order valence-electron chi connectivity index (χ4n) is 1.07. The summed E-state index contributed by atoms with van der Waals surface area (Å²) < 4.78 is 14.9. The largest absolute Gasteiger partial charge is 0.557 e. The molecular weight excluding hydrogens is 191 g/mol. The van der Waals surface area contributed by atoms with Crippen molar-refractivity contribution in [2.75, 3.05) is 6.66 Å². The molecule has 0 aromatic heterocycles. The van der Waals surface area contributed by atoms with Crippen molar-refractivity contribution in [1.29, 1.82) is 0 Å². The maximum Gasteiger partial charge on any atom is 0.557 e. The molecule has 72 valence electrons. The van der Waals surface area contributed by atoms with E-state index in [4.69, 9.17) is 5.73 Å². The predicted molar refractivity (Wildman–Crippen MR) is 48.4 cm³/mol. The summed E-state index contributed by atoms with van der Waals surface area (Å²) in [6.07, 6.45) is 1.58. The zero-order chi connectivity index (χ0) is 10.1. The van der Waals surface area contributed by atoms with E-state index in [1.165, 1.54) is 6.66 Å². The van der Waals surface area contributed by atoms with Gasteiger partial charge < -0.3 is 5.73 Å². The maximum atomic E-state index is 10.9. The second-order valence-corrected chi connectivity index (χ2v) is 4.09. The highest BCUT2D eigenvalue weighted by Gasteiger charge is 2.51. The predicted octanol–water partition coefficient (Wildman–Crippen LogP) is 0.946. The van der Waals surface area contributed by atoms with Crippen LogP contribution >= 0.6 is 8.03 Å². The summed E-state index contributed by atoms with van der Waals surface area (Å²) in [6, 6.07) is 0. The Morgan fingerprint density at radius 1 is 1.92 bits per heavy atom. The molecule has 0 aromatic rings. The van der Waals surface area contributed by atoms with E-state index < -0.39 is 19.8 Å². The van der Waals surface area contributed by atoms with Crippen LogP contribution in [0, 0.1) is 5.92 Å². The molecule has 0 saturated heterocycles. The fraction of sp³-hybridized carbons (Fsp3) is 0.571. The summed E-state index contributed by atoms with van der Waals surface area (Å²) in [5, 5.41) is 2.42. The topological polar surface area (TPSA) is 81.4 Å². The van der Waals surface area contributed by atoms with Crippen molar-refractivity contribution < 1.29 is 13.9 Å². The number of rotatable bonds is 3. The molecule has 1 fully saturated rings. The van der Waals surface area contributed by atoms with Crippen LogP contribution in [0.3, 0.4) is 0 Å². The van der Waals surface area contributed by atoms with Gasteiger partial charge in [0, 0.05) is 5.92 Å². The molecular formula is C7H12N2O3P+. The van der Waals surface area contributed by atoms with Gasteiger partial charge in [0.05, 0.1) is 5.66 Å². The number of nitrogens with two attached hydrogens (primary N) is 1. The summed E-state index contributed by atoms with van der Waals surface area (Å²) >= 11 is 0. The third kappa shape index (κ3) is 2.50. The van der Waals surface area contributed by atoms with Crippen molar-refractivity contribution in [2.45, 2.75) is 12.1 Å². The monoisotopic (exact) mass is 203 g/mol. The van der Waals surface area contributed by atoms with Gasteiger partial charge in [-0.05, 0) is 11.0 Å². The van der Waals surface area contributed by atoms with Crippen LogP contribution in [0.25, 0.3) is 0 Å². The first-order chi connectivity index (χ1) is 5.98. The minimum absolute atomic E-state index is 0.0785. The highest BCUT2D eigenvalue weighted by atomic mass is 31.1. The van der Waals surface area contributed by atoms with Gasteiger partial charge in [0.1, 0.15) is 0 Å². The standard InChI is InChI=1S/C7H11N2O3P/c1-3-5-4-7(5,8)9-6(10)12-13(2)11/h3,5H,1,4,8H2,2H3/p+1. The van der Waals surface area contributed by atoms with Crippen LogP contribution in [0.4, 0.5) is 4.79 Å². The summed E-state index contributed by atoms with van der Waals surface area (Å²) in [5.41, 5.74) is 4.95. The molecule has 0 aliphatic heterocycles. The van der Waals surface area contributed by atoms with Gasteiger partial charge in [-0.25, -0.2) is 4.79 Å². The molecule has 0 spiro atoms. The average Bonchev–Trinajstić information content (AvgIpc) is 2.58.